The van der Waals surface area contributed by atoms with E-state index < -0.39 is 0 Å². The molecule has 4 nitrogen and oxygen atoms in total. The van der Waals surface area contributed by atoms with Crippen LogP contribution in [0.1, 0.15) is 5.82 Å². The Morgan fingerprint density at radius 3 is 3.10 bits per heavy atom. The molecule has 0 aliphatic heterocycles. The summed E-state index contributed by atoms with van der Waals surface area (Å²) < 4.78 is 1.62. The highest BCUT2D eigenvalue weighted by Gasteiger charge is 1.95. The van der Waals surface area contributed by atoms with E-state index >= 15 is 0 Å². The average Bonchev–Trinajstić information content (AvgIpc) is 2.37. The molecule has 10 heavy (non-hydrogen) atoms. The lowest BCUT2D eigenvalue weighted by molar-refractivity contribution is 0.665. The van der Waals surface area contributed by atoms with Gasteiger partial charge in [0.15, 0.2) is 0 Å². The number of aromatic nitrogens is 3. The van der Waals surface area contributed by atoms with Gasteiger partial charge in [-0.3, -0.25) is 4.68 Å². The maximum absolute atomic E-state index is 8.32. The van der Waals surface area contributed by atoms with Gasteiger partial charge in [-0.1, -0.05) is 15.9 Å². The topological polar surface area (TPSA) is 54.5 Å². The van der Waals surface area contributed by atoms with Crippen molar-refractivity contribution >= 4 is 15.9 Å². The summed E-state index contributed by atoms with van der Waals surface area (Å²) in [4.78, 5) is 3.72. The predicted molar refractivity (Wildman–Crippen MR) is 38.5 cm³/mol. The average molecular weight is 201 g/mol. The van der Waals surface area contributed by atoms with Crippen LogP contribution in [0.5, 0.6) is 0 Å². The van der Waals surface area contributed by atoms with E-state index in [2.05, 4.69) is 26.0 Å². The fourth-order valence-electron chi connectivity index (χ4n) is 0.540. The predicted octanol–water partition coefficient (Wildman–Crippen LogP) is 0.545. The summed E-state index contributed by atoms with van der Waals surface area (Å²) in [5.41, 5.74) is 0. The third-order valence-electron chi connectivity index (χ3n) is 0.950. The third kappa shape index (κ3) is 1.54. The standard InChI is InChI=1S/C5H5BrN4/c6-1-2-10-4-8-5(3-7)9-10/h4H,1-2H2. The van der Waals surface area contributed by atoms with Gasteiger partial charge in [-0.25, -0.2) is 4.98 Å². The van der Waals surface area contributed by atoms with Gasteiger partial charge in [0.2, 0.25) is 0 Å². The Morgan fingerprint density at radius 2 is 2.60 bits per heavy atom. The number of aryl methyl sites for hydroxylation is 1. The molecule has 0 spiro atoms. The zero-order chi connectivity index (χ0) is 7.40. The molecule has 1 rings (SSSR count). The van der Waals surface area contributed by atoms with E-state index in [1.165, 1.54) is 0 Å². The lowest BCUT2D eigenvalue weighted by atomic mass is 10.7. The van der Waals surface area contributed by atoms with E-state index in [9.17, 15) is 0 Å². The van der Waals surface area contributed by atoms with Gasteiger partial charge in [0, 0.05) is 5.33 Å². The smallest absolute Gasteiger partial charge is 0.251 e. The van der Waals surface area contributed by atoms with Crippen molar-refractivity contribution in [3.05, 3.63) is 12.2 Å². The fourth-order valence-corrected chi connectivity index (χ4v) is 0.904. The second-order valence-corrected chi connectivity index (χ2v) is 2.43. The van der Waals surface area contributed by atoms with Gasteiger partial charge in [-0.05, 0) is 0 Å². The van der Waals surface area contributed by atoms with Gasteiger partial charge in [0.1, 0.15) is 12.4 Å². The molecule has 0 bridgehead atoms. The quantitative estimate of drug-likeness (QED) is 0.656. The molecule has 0 N–H and O–H groups in total. The molecule has 0 fully saturated rings. The van der Waals surface area contributed by atoms with Crippen LogP contribution >= 0.6 is 15.9 Å². The Hall–Kier alpha value is -0.890. The molecule has 0 unspecified atom stereocenters. The first-order valence-corrected chi connectivity index (χ1v) is 3.84. The minimum atomic E-state index is 0.223. The molecule has 0 radical (unpaired) electrons. The summed E-state index contributed by atoms with van der Waals surface area (Å²) in [6.07, 6.45) is 1.54. The maximum Gasteiger partial charge on any atom is 0.252 e. The molecule has 1 heterocycles. The number of halogens is 1. The largest absolute Gasteiger partial charge is 0.252 e. The second-order valence-electron chi connectivity index (χ2n) is 1.63. The van der Waals surface area contributed by atoms with E-state index in [-0.39, 0.29) is 5.82 Å². The van der Waals surface area contributed by atoms with Crippen LogP contribution < -0.4 is 0 Å². The van der Waals surface area contributed by atoms with Crippen molar-refractivity contribution in [2.45, 2.75) is 6.54 Å². The third-order valence-corrected chi connectivity index (χ3v) is 1.30. The molecule has 0 saturated heterocycles. The van der Waals surface area contributed by atoms with Crippen molar-refractivity contribution in [2.75, 3.05) is 5.33 Å². The van der Waals surface area contributed by atoms with E-state index in [1.807, 2.05) is 6.07 Å². The van der Waals surface area contributed by atoms with Gasteiger partial charge in [0.25, 0.3) is 5.82 Å². The molecule has 0 aliphatic rings. The van der Waals surface area contributed by atoms with Crippen molar-refractivity contribution in [3.63, 3.8) is 0 Å². The van der Waals surface area contributed by atoms with Crippen LogP contribution in [0.2, 0.25) is 0 Å². The second kappa shape index (κ2) is 3.32. The van der Waals surface area contributed by atoms with Crippen LogP contribution in [0.25, 0.3) is 0 Å². The van der Waals surface area contributed by atoms with Crippen LogP contribution in [0, 0.1) is 11.3 Å². The summed E-state index contributed by atoms with van der Waals surface area (Å²) in [6, 6.07) is 1.85. The van der Waals surface area contributed by atoms with Crippen molar-refractivity contribution in [1.82, 2.24) is 14.8 Å². The van der Waals surface area contributed by atoms with E-state index in [1.54, 1.807) is 11.0 Å². The van der Waals surface area contributed by atoms with Crippen LogP contribution in [0.4, 0.5) is 0 Å². The number of nitrogens with zero attached hydrogens (tertiary/aromatic N) is 4. The van der Waals surface area contributed by atoms with Gasteiger partial charge in [0.05, 0.1) is 6.54 Å². The summed E-state index contributed by atoms with van der Waals surface area (Å²) >= 11 is 3.25. The van der Waals surface area contributed by atoms with Gasteiger partial charge in [-0.2, -0.15) is 5.26 Å². The first kappa shape index (κ1) is 7.22. The number of hydrogen-bond donors (Lipinski definition) is 0. The molecule has 1 aromatic rings. The van der Waals surface area contributed by atoms with Crippen LogP contribution in [-0.4, -0.2) is 20.1 Å². The number of nitriles is 1. The molecule has 52 valence electrons. The molecular formula is C5H5BrN4. The van der Waals surface area contributed by atoms with E-state index in [0.717, 1.165) is 11.9 Å². The van der Waals surface area contributed by atoms with Crippen molar-refractivity contribution in [1.29, 1.82) is 5.26 Å². The molecule has 0 atom stereocenters. The van der Waals surface area contributed by atoms with Gasteiger partial charge < -0.3 is 0 Å². The fraction of sp³-hybridized carbons (Fsp3) is 0.400. The Morgan fingerprint density at radius 1 is 1.80 bits per heavy atom. The first-order valence-electron chi connectivity index (χ1n) is 2.72. The van der Waals surface area contributed by atoms with Crippen LogP contribution in [0.3, 0.4) is 0 Å². The lowest BCUT2D eigenvalue weighted by Crippen LogP contribution is -1.98. The molecule has 0 amide bonds. The Kier molecular flexibility index (Phi) is 2.40. The Labute approximate surface area is 66.6 Å². The number of alkyl halides is 1. The molecule has 0 aliphatic carbocycles. The van der Waals surface area contributed by atoms with Crippen LogP contribution in [0.15, 0.2) is 6.33 Å². The summed E-state index contributed by atoms with van der Waals surface area (Å²) in [6.45, 7) is 0.745. The maximum atomic E-state index is 8.32. The highest BCUT2D eigenvalue weighted by molar-refractivity contribution is 9.09. The summed E-state index contributed by atoms with van der Waals surface area (Å²) in [5, 5.41) is 13.0. The molecule has 0 aromatic carbocycles. The zero-order valence-electron chi connectivity index (χ0n) is 5.16. The number of hydrogen-bond acceptors (Lipinski definition) is 3. The van der Waals surface area contributed by atoms with Crippen molar-refractivity contribution < 1.29 is 0 Å². The van der Waals surface area contributed by atoms with Gasteiger partial charge >= 0.3 is 0 Å². The minimum absolute atomic E-state index is 0.223. The van der Waals surface area contributed by atoms with E-state index in [4.69, 9.17) is 5.26 Å². The molecule has 0 saturated carbocycles. The minimum Gasteiger partial charge on any atom is -0.251 e. The van der Waals surface area contributed by atoms with Crippen molar-refractivity contribution in [2.24, 2.45) is 0 Å². The Balaban J connectivity index is 2.71. The molecular weight excluding hydrogens is 196 g/mol. The first-order chi connectivity index (χ1) is 4.86. The molecule has 1 aromatic heterocycles. The van der Waals surface area contributed by atoms with Crippen LogP contribution in [-0.2, 0) is 6.54 Å². The van der Waals surface area contributed by atoms with Crippen molar-refractivity contribution in [3.8, 4) is 6.07 Å². The molecule has 5 heteroatoms. The SMILES string of the molecule is N#Cc1ncn(CCBr)n1. The lowest BCUT2D eigenvalue weighted by Gasteiger charge is -1.90. The number of rotatable bonds is 2. The van der Waals surface area contributed by atoms with Gasteiger partial charge in [-0.15, -0.1) is 5.10 Å². The highest BCUT2D eigenvalue weighted by atomic mass is 79.9. The Bertz CT molecular complexity index is 248. The summed E-state index contributed by atoms with van der Waals surface area (Å²) in [7, 11) is 0. The monoisotopic (exact) mass is 200 g/mol. The van der Waals surface area contributed by atoms with E-state index in [0.29, 0.717) is 0 Å². The zero-order valence-corrected chi connectivity index (χ0v) is 6.74. The highest BCUT2D eigenvalue weighted by Crippen LogP contribution is 1.89. The normalized spacial score (nSPS) is 9.20. The summed E-state index contributed by atoms with van der Waals surface area (Å²) in [5.74, 6) is 0.223.